The van der Waals surface area contributed by atoms with E-state index in [1.807, 2.05) is 24.3 Å². The van der Waals surface area contributed by atoms with Crippen LogP contribution in [0.15, 0.2) is 46.8 Å². The SMILES string of the molecule is CCNC(=NCc1ccccc1CO)N(C)CCc1cccs1. The highest BCUT2D eigenvalue weighted by Gasteiger charge is 2.07. The van der Waals surface area contributed by atoms with Crippen LogP contribution in [0.1, 0.15) is 22.9 Å². The molecule has 0 bridgehead atoms. The molecule has 2 aromatic rings. The summed E-state index contributed by atoms with van der Waals surface area (Å²) in [5.74, 6) is 0.900. The Bertz CT molecular complexity index is 610. The molecule has 1 aromatic heterocycles. The fourth-order valence-corrected chi connectivity index (χ4v) is 3.03. The summed E-state index contributed by atoms with van der Waals surface area (Å²) in [6.07, 6.45) is 1.02. The molecular formula is C18H25N3OS. The average molecular weight is 331 g/mol. The zero-order valence-electron chi connectivity index (χ0n) is 13.8. The second-order valence-corrected chi connectivity index (χ2v) is 6.38. The van der Waals surface area contributed by atoms with Crippen LogP contribution in [-0.4, -0.2) is 36.1 Å². The van der Waals surface area contributed by atoms with Crippen LogP contribution in [0.2, 0.25) is 0 Å². The molecule has 1 aromatic carbocycles. The number of guanidine groups is 1. The molecule has 4 nitrogen and oxygen atoms in total. The molecule has 0 radical (unpaired) electrons. The van der Waals surface area contributed by atoms with Gasteiger partial charge in [0.2, 0.25) is 0 Å². The third kappa shape index (κ3) is 5.37. The lowest BCUT2D eigenvalue weighted by atomic mass is 10.1. The molecule has 0 fully saturated rings. The lowest BCUT2D eigenvalue weighted by Gasteiger charge is -2.22. The van der Waals surface area contributed by atoms with Crippen LogP contribution in [0.5, 0.6) is 0 Å². The molecule has 0 amide bonds. The topological polar surface area (TPSA) is 47.9 Å². The van der Waals surface area contributed by atoms with E-state index >= 15 is 0 Å². The predicted octanol–water partition coefficient (Wildman–Crippen LogP) is 2.88. The van der Waals surface area contributed by atoms with Crippen molar-refractivity contribution in [3.05, 3.63) is 57.8 Å². The quantitative estimate of drug-likeness (QED) is 0.606. The summed E-state index contributed by atoms with van der Waals surface area (Å²) in [6, 6.07) is 12.1. The zero-order chi connectivity index (χ0) is 16.5. The molecular weight excluding hydrogens is 306 g/mol. The molecule has 0 aliphatic rings. The molecule has 0 saturated heterocycles. The van der Waals surface area contributed by atoms with Crippen molar-refractivity contribution in [2.24, 2.45) is 4.99 Å². The van der Waals surface area contributed by atoms with Crippen molar-refractivity contribution in [3.8, 4) is 0 Å². The van der Waals surface area contributed by atoms with E-state index in [2.05, 4.69) is 41.7 Å². The van der Waals surface area contributed by atoms with Crippen molar-refractivity contribution in [1.82, 2.24) is 10.2 Å². The minimum absolute atomic E-state index is 0.0520. The van der Waals surface area contributed by atoms with E-state index in [0.717, 1.165) is 36.6 Å². The van der Waals surface area contributed by atoms with Gasteiger partial charge in [0.15, 0.2) is 5.96 Å². The van der Waals surface area contributed by atoms with Crippen molar-refractivity contribution in [2.75, 3.05) is 20.1 Å². The standard InChI is InChI=1S/C18H25N3OS/c1-3-19-18(21(2)11-10-17-9-6-12-23-17)20-13-15-7-4-5-8-16(15)14-22/h4-9,12,22H,3,10-11,13-14H2,1-2H3,(H,19,20). The first kappa shape index (κ1) is 17.5. The first-order valence-corrected chi connectivity index (χ1v) is 8.82. The van der Waals surface area contributed by atoms with Gasteiger partial charge in [-0.3, -0.25) is 0 Å². The molecule has 0 atom stereocenters. The van der Waals surface area contributed by atoms with Crippen LogP contribution in [-0.2, 0) is 19.6 Å². The molecule has 0 aliphatic heterocycles. The minimum atomic E-state index is 0.0520. The molecule has 1 heterocycles. The summed E-state index contributed by atoms with van der Waals surface area (Å²) >= 11 is 1.79. The number of nitrogens with zero attached hydrogens (tertiary/aromatic N) is 2. The fraction of sp³-hybridized carbons (Fsp3) is 0.389. The summed E-state index contributed by atoms with van der Waals surface area (Å²) in [5.41, 5.74) is 2.00. The van der Waals surface area contributed by atoms with E-state index in [4.69, 9.17) is 4.99 Å². The number of aliphatic hydroxyl groups is 1. The van der Waals surface area contributed by atoms with Gasteiger partial charge in [-0.2, -0.15) is 0 Å². The Kier molecular flexibility index (Phi) is 7.10. The Balaban J connectivity index is 2.00. The molecule has 0 spiro atoms. The van der Waals surface area contributed by atoms with Gasteiger partial charge in [0.1, 0.15) is 0 Å². The number of hydrogen-bond acceptors (Lipinski definition) is 3. The van der Waals surface area contributed by atoms with Crippen molar-refractivity contribution >= 4 is 17.3 Å². The lowest BCUT2D eigenvalue weighted by Crippen LogP contribution is -2.39. The fourth-order valence-electron chi connectivity index (χ4n) is 2.33. The van der Waals surface area contributed by atoms with Crippen LogP contribution >= 0.6 is 11.3 Å². The first-order chi connectivity index (χ1) is 11.2. The van der Waals surface area contributed by atoms with Gasteiger partial charge in [-0.1, -0.05) is 30.3 Å². The van der Waals surface area contributed by atoms with Gasteiger partial charge in [0, 0.05) is 25.0 Å². The van der Waals surface area contributed by atoms with Gasteiger partial charge in [0.25, 0.3) is 0 Å². The first-order valence-electron chi connectivity index (χ1n) is 7.94. The summed E-state index contributed by atoms with van der Waals surface area (Å²) in [6.45, 7) is 4.46. The Labute approximate surface area is 142 Å². The maximum atomic E-state index is 9.41. The number of thiophene rings is 1. The zero-order valence-corrected chi connectivity index (χ0v) is 14.6. The maximum absolute atomic E-state index is 9.41. The van der Waals surface area contributed by atoms with Gasteiger partial charge in [-0.25, -0.2) is 4.99 Å². The smallest absolute Gasteiger partial charge is 0.193 e. The van der Waals surface area contributed by atoms with Crippen molar-refractivity contribution in [1.29, 1.82) is 0 Å². The summed E-state index contributed by atoms with van der Waals surface area (Å²) < 4.78 is 0. The summed E-state index contributed by atoms with van der Waals surface area (Å²) in [4.78, 5) is 8.26. The number of rotatable bonds is 7. The van der Waals surface area contributed by atoms with E-state index in [0.29, 0.717) is 6.54 Å². The van der Waals surface area contributed by atoms with Crippen molar-refractivity contribution < 1.29 is 5.11 Å². The van der Waals surface area contributed by atoms with E-state index in [9.17, 15) is 5.11 Å². The minimum Gasteiger partial charge on any atom is -0.392 e. The normalized spacial score (nSPS) is 11.5. The molecule has 2 rings (SSSR count). The predicted molar refractivity (Wildman–Crippen MR) is 97.8 cm³/mol. The largest absolute Gasteiger partial charge is 0.392 e. The number of nitrogens with one attached hydrogen (secondary N) is 1. The number of aliphatic hydroxyl groups excluding tert-OH is 1. The van der Waals surface area contributed by atoms with Crippen molar-refractivity contribution in [2.45, 2.75) is 26.5 Å². The van der Waals surface area contributed by atoms with E-state index in [-0.39, 0.29) is 6.61 Å². The third-order valence-corrected chi connectivity index (χ3v) is 4.59. The van der Waals surface area contributed by atoms with Gasteiger partial charge in [-0.05, 0) is 35.9 Å². The van der Waals surface area contributed by atoms with Crippen LogP contribution < -0.4 is 5.32 Å². The molecule has 23 heavy (non-hydrogen) atoms. The average Bonchev–Trinajstić information content (AvgIpc) is 3.10. The van der Waals surface area contributed by atoms with E-state index in [1.54, 1.807) is 11.3 Å². The molecule has 0 unspecified atom stereocenters. The molecule has 124 valence electrons. The monoisotopic (exact) mass is 331 g/mol. The molecule has 0 saturated carbocycles. The van der Waals surface area contributed by atoms with Gasteiger partial charge in [0.05, 0.1) is 13.2 Å². The van der Waals surface area contributed by atoms with Gasteiger partial charge >= 0.3 is 0 Å². The van der Waals surface area contributed by atoms with Crippen molar-refractivity contribution in [3.63, 3.8) is 0 Å². The third-order valence-electron chi connectivity index (χ3n) is 3.66. The Morgan fingerprint density at radius 1 is 1.22 bits per heavy atom. The Hall–Kier alpha value is -1.85. The van der Waals surface area contributed by atoms with Gasteiger partial charge in [-0.15, -0.1) is 11.3 Å². The molecule has 5 heteroatoms. The lowest BCUT2D eigenvalue weighted by molar-refractivity contribution is 0.280. The van der Waals surface area contributed by atoms with E-state index in [1.165, 1.54) is 4.88 Å². The Morgan fingerprint density at radius 3 is 2.65 bits per heavy atom. The van der Waals surface area contributed by atoms with Crippen LogP contribution in [0.4, 0.5) is 0 Å². The van der Waals surface area contributed by atoms with E-state index < -0.39 is 0 Å². The number of aliphatic imine (C=N–C) groups is 1. The maximum Gasteiger partial charge on any atom is 0.193 e. The highest BCUT2D eigenvalue weighted by atomic mass is 32.1. The summed E-state index contributed by atoms with van der Waals surface area (Å²) in [5, 5.41) is 14.9. The van der Waals surface area contributed by atoms with Gasteiger partial charge < -0.3 is 15.3 Å². The van der Waals surface area contributed by atoms with Crippen LogP contribution in [0, 0.1) is 0 Å². The van der Waals surface area contributed by atoms with Crippen LogP contribution in [0.25, 0.3) is 0 Å². The summed E-state index contributed by atoms with van der Waals surface area (Å²) in [7, 11) is 2.06. The number of benzene rings is 1. The second-order valence-electron chi connectivity index (χ2n) is 5.35. The number of likely N-dealkylation sites (N-methyl/N-ethyl adjacent to an activating group) is 1. The molecule has 2 N–H and O–H groups in total. The second kappa shape index (κ2) is 9.33. The highest BCUT2D eigenvalue weighted by Crippen LogP contribution is 2.11. The number of hydrogen-bond donors (Lipinski definition) is 2. The highest BCUT2D eigenvalue weighted by molar-refractivity contribution is 7.09. The Morgan fingerprint density at radius 2 is 2.00 bits per heavy atom. The van der Waals surface area contributed by atoms with Crippen LogP contribution in [0.3, 0.4) is 0 Å². The molecule has 0 aliphatic carbocycles.